The Morgan fingerprint density at radius 1 is 0.808 bits per heavy atom. The normalized spacial score (nSPS) is 28.0. The molecule has 264 valence electrons. The van der Waals surface area contributed by atoms with Gasteiger partial charge in [-0.3, -0.25) is 24.1 Å². The van der Waals surface area contributed by atoms with Crippen LogP contribution >= 0.6 is 23.2 Å². The molecule has 0 spiro atoms. The molecule has 4 amide bonds. The number of phenols is 1. The third kappa shape index (κ3) is 4.88. The number of anilines is 4. The van der Waals surface area contributed by atoms with Gasteiger partial charge in [-0.15, -0.1) is 23.2 Å². The van der Waals surface area contributed by atoms with Gasteiger partial charge in [-0.1, -0.05) is 42.0 Å². The third-order valence-electron chi connectivity index (χ3n) is 10.7. The summed E-state index contributed by atoms with van der Waals surface area (Å²) in [6.45, 7) is 1.98. The predicted octanol–water partition coefficient (Wildman–Crippen LogP) is 7.44. The molecule has 8 rings (SSSR count). The quantitative estimate of drug-likeness (QED) is 0.115. The molecule has 6 unspecified atom stereocenters. The molecule has 0 aromatic heterocycles. The minimum atomic E-state index is -2.19. The van der Waals surface area contributed by atoms with Crippen molar-refractivity contribution in [2.75, 3.05) is 21.7 Å². The highest BCUT2D eigenvalue weighted by atomic mass is 35.5. The minimum absolute atomic E-state index is 0.0650. The number of ether oxygens (including phenoxy) is 1. The van der Waals surface area contributed by atoms with Crippen LogP contribution in [0, 0.1) is 23.6 Å². The third-order valence-corrected chi connectivity index (χ3v) is 12.1. The molecule has 2 heterocycles. The van der Waals surface area contributed by atoms with Crippen molar-refractivity contribution in [2.45, 2.75) is 35.4 Å². The Hall–Kier alpha value is -5.19. The summed E-state index contributed by atoms with van der Waals surface area (Å²) in [6.07, 6.45) is 1.70. The molecule has 2 aliphatic heterocycles. The van der Waals surface area contributed by atoms with E-state index in [4.69, 9.17) is 27.9 Å². The maximum Gasteiger partial charge on any atom is 0.258 e. The second-order valence-corrected chi connectivity index (χ2v) is 14.7. The van der Waals surface area contributed by atoms with Crippen molar-refractivity contribution in [3.05, 3.63) is 120 Å². The van der Waals surface area contributed by atoms with Gasteiger partial charge in [0.15, 0.2) is 21.2 Å². The van der Waals surface area contributed by atoms with Crippen molar-refractivity contribution in [1.82, 2.24) is 0 Å². The molecule has 52 heavy (non-hydrogen) atoms. The number of allylic oxidation sites excluding steroid dienone is 2. The number of carbonyl (C=O) groups is 4. The number of fused-ring (bicyclic) bond motifs is 4. The van der Waals surface area contributed by atoms with E-state index in [1.165, 1.54) is 17.0 Å². The van der Waals surface area contributed by atoms with E-state index >= 15 is 0 Å². The van der Waals surface area contributed by atoms with Gasteiger partial charge in [-0.2, -0.15) is 0 Å². The molecule has 4 aliphatic rings. The molecular formula is C40H32Cl2FN3O6. The fourth-order valence-corrected chi connectivity index (χ4v) is 9.35. The number of alkyl halides is 2. The van der Waals surface area contributed by atoms with Crippen molar-refractivity contribution in [2.24, 2.45) is 17.8 Å². The van der Waals surface area contributed by atoms with Crippen molar-refractivity contribution in [1.29, 1.82) is 0 Å². The minimum Gasteiger partial charge on any atom is -0.504 e. The van der Waals surface area contributed by atoms with Gasteiger partial charge in [0.2, 0.25) is 11.8 Å². The lowest BCUT2D eigenvalue weighted by atomic mass is 9.56. The summed E-state index contributed by atoms with van der Waals surface area (Å²) in [5.74, 6) is -7.02. The van der Waals surface area contributed by atoms with Gasteiger partial charge in [0.25, 0.3) is 11.8 Å². The maximum atomic E-state index is 14.6. The van der Waals surface area contributed by atoms with Crippen LogP contribution in [0.5, 0.6) is 11.5 Å². The number of para-hydroxylation sites is 2. The summed E-state index contributed by atoms with van der Waals surface area (Å²) in [6, 6.07) is 26.1. The van der Waals surface area contributed by atoms with E-state index in [0.29, 0.717) is 11.3 Å². The molecule has 1 saturated carbocycles. The van der Waals surface area contributed by atoms with Crippen LogP contribution < -0.4 is 19.9 Å². The predicted molar refractivity (Wildman–Crippen MR) is 195 cm³/mol. The Bertz CT molecular complexity index is 2160. The number of imide groups is 2. The van der Waals surface area contributed by atoms with Gasteiger partial charge in [-0.25, -0.2) is 9.29 Å². The molecule has 2 saturated heterocycles. The van der Waals surface area contributed by atoms with E-state index in [-0.39, 0.29) is 48.1 Å². The van der Waals surface area contributed by atoms with E-state index in [2.05, 4.69) is 5.32 Å². The Morgan fingerprint density at radius 3 is 2.15 bits per heavy atom. The molecule has 3 fully saturated rings. The summed E-state index contributed by atoms with van der Waals surface area (Å²) >= 11 is 14.9. The van der Waals surface area contributed by atoms with Crippen LogP contribution in [-0.2, 0) is 19.2 Å². The highest BCUT2D eigenvalue weighted by molar-refractivity contribution is 6.58. The van der Waals surface area contributed by atoms with Crippen molar-refractivity contribution < 1.29 is 33.4 Å². The summed E-state index contributed by atoms with van der Waals surface area (Å²) in [5, 5.41) is 14.9. The number of carbonyl (C=O) groups excluding carboxylic acids is 4. The Kier molecular flexibility index (Phi) is 8.15. The van der Waals surface area contributed by atoms with Gasteiger partial charge in [-0.05, 0) is 92.4 Å². The fraction of sp³-hybridized carbons (Fsp3) is 0.250. The van der Waals surface area contributed by atoms with Crippen molar-refractivity contribution >= 4 is 69.6 Å². The SMILES string of the molecule is CCOc1cccc(C2C3=CCC4C(=O)N(c5ccc(Nc6ccccc6)cc5)C(=O)C4C3CC3(Cl)C(=O)N(c4ccc(F)cc4)C(=O)C23Cl)c1O. The topological polar surface area (TPSA) is 116 Å². The molecule has 2 N–H and O–H groups in total. The number of phenolic OH excluding ortho intramolecular Hbond substituents is 1. The number of benzene rings is 4. The Morgan fingerprint density at radius 2 is 1.46 bits per heavy atom. The molecule has 2 aliphatic carbocycles. The molecule has 4 aromatic rings. The monoisotopic (exact) mass is 739 g/mol. The van der Waals surface area contributed by atoms with Crippen LogP contribution in [0.4, 0.5) is 27.1 Å². The fourth-order valence-electron chi connectivity index (χ4n) is 8.42. The number of aromatic hydroxyl groups is 1. The molecular weight excluding hydrogens is 708 g/mol. The number of hydrogen-bond donors (Lipinski definition) is 2. The van der Waals surface area contributed by atoms with Gasteiger partial charge < -0.3 is 15.2 Å². The first-order valence-electron chi connectivity index (χ1n) is 17.0. The Balaban J connectivity index is 1.22. The van der Waals surface area contributed by atoms with E-state index in [9.17, 15) is 28.7 Å². The first kappa shape index (κ1) is 33.9. The zero-order valence-corrected chi connectivity index (χ0v) is 29.3. The lowest BCUT2D eigenvalue weighted by Crippen LogP contribution is -2.60. The summed E-state index contributed by atoms with van der Waals surface area (Å²) in [7, 11) is 0. The van der Waals surface area contributed by atoms with Crippen LogP contribution in [0.2, 0.25) is 0 Å². The van der Waals surface area contributed by atoms with Crippen LogP contribution in [-0.4, -0.2) is 45.1 Å². The van der Waals surface area contributed by atoms with Crippen molar-refractivity contribution in [3.8, 4) is 11.5 Å². The molecule has 9 nitrogen and oxygen atoms in total. The lowest BCUT2D eigenvalue weighted by molar-refractivity contribution is -0.125. The highest BCUT2D eigenvalue weighted by Crippen LogP contribution is 2.67. The smallest absolute Gasteiger partial charge is 0.258 e. The standard InChI is InChI=1S/C40H32Cl2FN3O6/c1-2-52-31-10-6-9-29(34(31)47)33-27-19-20-28-32(36(49)45(35(28)48)25-17-13-24(14-18-25)44-23-7-4-3-5-8-23)30(27)21-39(41)37(50)46(38(51)40(33,39)42)26-15-11-22(43)12-16-26/h3-19,28,30,32-33,44,47H,2,20-21H2,1H3. The molecule has 4 aromatic carbocycles. The molecule has 0 radical (unpaired) electrons. The van der Waals surface area contributed by atoms with Gasteiger partial charge in [0.05, 0.1) is 29.8 Å². The lowest BCUT2D eigenvalue weighted by Gasteiger charge is -2.50. The average Bonchev–Trinajstić information content (AvgIpc) is 3.48. The molecule has 0 bridgehead atoms. The first-order chi connectivity index (χ1) is 25.0. The number of rotatable bonds is 7. The number of nitrogens with zero attached hydrogens (tertiary/aromatic N) is 2. The van der Waals surface area contributed by atoms with Gasteiger partial charge >= 0.3 is 0 Å². The second kappa shape index (κ2) is 12.5. The van der Waals surface area contributed by atoms with E-state index in [1.807, 2.05) is 30.3 Å². The van der Waals surface area contributed by atoms with Gasteiger partial charge in [0, 0.05) is 22.9 Å². The van der Waals surface area contributed by atoms with Crippen LogP contribution in [0.25, 0.3) is 0 Å². The molecule has 12 heteroatoms. The molecule has 6 atom stereocenters. The van der Waals surface area contributed by atoms with Crippen LogP contribution in [0.3, 0.4) is 0 Å². The zero-order valence-electron chi connectivity index (χ0n) is 27.8. The average molecular weight is 741 g/mol. The van der Waals surface area contributed by atoms with E-state index in [1.54, 1.807) is 55.5 Å². The highest BCUT2D eigenvalue weighted by Gasteiger charge is 2.77. The number of hydrogen-bond acceptors (Lipinski definition) is 7. The Labute approximate surface area is 308 Å². The van der Waals surface area contributed by atoms with E-state index in [0.717, 1.165) is 28.4 Å². The summed E-state index contributed by atoms with van der Waals surface area (Å²) in [4.78, 5) is 55.3. The van der Waals surface area contributed by atoms with E-state index < -0.39 is 57.0 Å². The van der Waals surface area contributed by atoms with Crippen LogP contribution in [0.1, 0.15) is 31.2 Å². The summed E-state index contributed by atoms with van der Waals surface area (Å²) < 4.78 is 19.6. The second-order valence-electron chi connectivity index (χ2n) is 13.4. The summed E-state index contributed by atoms with van der Waals surface area (Å²) in [5.41, 5.74) is 2.79. The zero-order chi connectivity index (χ0) is 36.5. The number of nitrogens with one attached hydrogen (secondary N) is 1. The van der Waals surface area contributed by atoms with Crippen molar-refractivity contribution in [3.63, 3.8) is 0 Å². The van der Waals surface area contributed by atoms with Gasteiger partial charge in [0.1, 0.15) is 5.82 Å². The van der Waals surface area contributed by atoms with Crippen LogP contribution in [0.15, 0.2) is 109 Å². The largest absolute Gasteiger partial charge is 0.504 e. The first-order valence-corrected chi connectivity index (χ1v) is 17.7. The number of amides is 4. The number of halogens is 3. The maximum absolute atomic E-state index is 14.6.